The fourth-order valence-electron chi connectivity index (χ4n) is 2.95. The lowest BCUT2D eigenvalue weighted by Gasteiger charge is -2.19. The maximum atomic E-state index is 14.3. The summed E-state index contributed by atoms with van der Waals surface area (Å²) in [5.41, 5.74) is 0.589. The lowest BCUT2D eigenvalue weighted by atomic mass is 9.96. The van der Waals surface area contributed by atoms with Gasteiger partial charge in [0, 0.05) is 30.9 Å². The molecule has 1 atom stereocenters. The third-order valence-electron chi connectivity index (χ3n) is 3.97. The number of fused-ring (bicyclic) bond motifs is 1. The van der Waals surface area contributed by atoms with E-state index >= 15 is 0 Å². The van der Waals surface area contributed by atoms with Crippen LogP contribution in [0.3, 0.4) is 0 Å². The molecule has 7 heteroatoms. The molecule has 1 aromatic heterocycles. The van der Waals surface area contributed by atoms with Crippen LogP contribution in [0.2, 0.25) is 10.0 Å². The normalized spacial score (nSPS) is 16.4. The first-order chi connectivity index (χ1) is 11.1. The van der Waals surface area contributed by atoms with Crippen molar-refractivity contribution >= 4 is 23.2 Å². The van der Waals surface area contributed by atoms with Crippen LogP contribution in [0, 0.1) is 5.82 Å². The summed E-state index contributed by atoms with van der Waals surface area (Å²) < 4.78 is 21.9. The van der Waals surface area contributed by atoms with Crippen LogP contribution in [0.5, 0.6) is 5.75 Å². The van der Waals surface area contributed by atoms with Crippen LogP contribution in [0.25, 0.3) is 0 Å². The molecule has 0 saturated heterocycles. The van der Waals surface area contributed by atoms with Gasteiger partial charge in [0.1, 0.15) is 18.3 Å². The van der Waals surface area contributed by atoms with Crippen molar-refractivity contribution in [2.45, 2.75) is 32.2 Å². The van der Waals surface area contributed by atoms with Crippen molar-refractivity contribution in [3.63, 3.8) is 0 Å². The van der Waals surface area contributed by atoms with E-state index in [1.807, 2.05) is 6.92 Å². The zero-order chi connectivity index (χ0) is 16.6. The van der Waals surface area contributed by atoms with Crippen LogP contribution < -0.4 is 4.74 Å². The number of nitrogens with zero attached hydrogens (tertiary/aromatic N) is 3. The Labute approximate surface area is 143 Å². The average molecular weight is 356 g/mol. The number of halogens is 3. The molecule has 0 fully saturated rings. The zero-order valence-electron chi connectivity index (χ0n) is 12.7. The van der Waals surface area contributed by atoms with Crippen molar-refractivity contribution in [2.24, 2.45) is 0 Å². The van der Waals surface area contributed by atoms with Crippen molar-refractivity contribution in [1.82, 2.24) is 14.8 Å². The molecule has 2 aromatic rings. The van der Waals surface area contributed by atoms with E-state index in [1.165, 1.54) is 6.07 Å². The van der Waals surface area contributed by atoms with Crippen LogP contribution in [-0.4, -0.2) is 21.4 Å². The monoisotopic (exact) mass is 355 g/mol. The predicted octanol–water partition coefficient (Wildman–Crippen LogP) is 4.19. The summed E-state index contributed by atoms with van der Waals surface area (Å²) in [6, 6.07) is 1.18. The van der Waals surface area contributed by atoms with E-state index in [-0.39, 0.29) is 23.3 Å². The summed E-state index contributed by atoms with van der Waals surface area (Å²) in [4.78, 5) is 0. The molecule has 0 bridgehead atoms. The Balaban J connectivity index is 2.02. The Hall–Kier alpha value is -1.59. The highest BCUT2D eigenvalue weighted by atomic mass is 35.5. The highest BCUT2D eigenvalue weighted by Gasteiger charge is 2.32. The van der Waals surface area contributed by atoms with E-state index in [4.69, 9.17) is 27.9 Å². The van der Waals surface area contributed by atoms with E-state index < -0.39 is 5.82 Å². The summed E-state index contributed by atoms with van der Waals surface area (Å²) in [6.07, 6.45) is 2.97. The Morgan fingerprint density at radius 3 is 2.96 bits per heavy atom. The van der Waals surface area contributed by atoms with Gasteiger partial charge in [-0.05, 0) is 6.07 Å². The quantitative estimate of drug-likeness (QED) is 0.596. The van der Waals surface area contributed by atoms with Gasteiger partial charge in [-0.3, -0.25) is 0 Å². The molecule has 0 saturated carbocycles. The van der Waals surface area contributed by atoms with Gasteiger partial charge in [0.2, 0.25) is 0 Å². The first-order valence-electron chi connectivity index (χ1n) is 7.38. The van der Waals surface area contributed by atoms with E-state index in [2.05, 4.69) is 21.3 Å². The van der Waals surface area contributed by atoms with Gasteiger partial charge in [-0.2, -0.15) is 0 Å². The van der Waals surface area contributed by atoms with E-state index in [0.717, 1.165) is 18.1 Å². The van der Waals surface area contributed by atoms with Gasteiger partial charge in [-0.25, -0.2) is 4.39 Å². The number of hydrogen-bond donors (Lipinski definition) is 0. The summed E-state index contributed by atoms with van der Waals surface area (Å²) >= 11 is 12.4. The fourth-order valence-corrected chi connectivity index (χ4v) is 3.44. The molecule has 2 heterocycles. The Morgan fingerprint density at radius 1 is 1.48 bits per heavy atom. The molecule has 0 radical (unpaired) electrons. The standard InChI is InChI=1S/C16H16Cl2FN3O/c1-3-5-23-16-11(19)7-10(17)15(18)14(16)9-6-13-21-20-12(4-2)22(13)8-9/h3,7,9H,1,4-6,8H2,2H3. The van der Waals surface area contributed by atoms with Crippen LogP contribution in [0.1, 0.15) is 30.1 Å². The third kappa shape index (κ3) is 2.83. The highest BCUT2D eigenvalue weighted by molar-refractivity contribution is 6.42. The lowest BCUT2D eigenvalue weighted by molar-refractivity contribution is 0.334. The van der Waals surface area contributed by atoms with Crippen LogP contribution in [-0.2, 0) is 19.4 Å². The molecule has 1 aromatic carbocycles. The van der Waals surface area contributed by atoms with E-state index in [1.54, 1.807) is 6.08 Å². The molecule has 1 aliphatic heterocycles. The summed E-state index contributed by atoms with van der Waals surface area (Å²) in [6.45, 7) is 6.44. The number of hydrogen-bond acceptors (Lipinski definition) is 3. The Morgan fingerprint density at radius 2 is 2.26 bits per heavy atom. The van der Waals surface area contributed by atoms with Crippen molar-refractivity contribution in [1.29, 1.82) is 0 Å². The molecule has 0 spiro atoms. The van der Waals surface area contributed by atoms with Crippen molar-refractivity contribution < 1.29 is 9.13 Å². The van der Waals surface area contributed by atoms with Crippen molar-refractivity contribution in [3.8, 4) is 5.75 Å². The molecular formula is C16H16Cl2FN3O. The largest absolute Gasteiger partial charge is 0.486 e. The van der Waals surface area contributed by atoms with Gasteiger partial charge in [-0.1, -0.05) is 42.8 Å². The van der Waals surface area contributed by atoms with Gasteiger partial charge in [0.15, 0.2) is 11.6 Å². The Kier molecular flexibility index (Phi) is 4.60. The van der Waals surface area contributed by atoms with Gasteiger partial charge < -0.3 is 9.30 Å². The second-order valence-corrected chi connectivity index (χ2v) is 6.18. The smallest absolute Gasteiger partial charge is 0.166 e. The molecule has 0 aliphatic carbocycles. The molecule has 0 N–H and O–H groups in total. The molecule has 0 amide bonds. The van der Waals surface area contributed by atoms with Gasteiger partial charge >= 0.3 is 0 Å². The molecule has 3 rings (SSSR count). The van der Waals surface area contributed by atoms with Gasteiger partial charge in [0.25, 0.3) is 0 Å². The minimum absolute atomic E-state index is 0.0497. The second kappa shape index (κ2) is 6.49. The molecular weight excluding hydrogens is 340 g/mol. The second-order valence-electron chi connectivity index (χ2n) is 5.39. The summed E-state index contributed by atoms with van der Waals surface area (Å²) in [5.74, 6) is 1.36. The average Bonchev–Trinajstić information content (AvgIpc) is 3.09. The minimum atomic E-state index is -0.519. The van der Waals surface area contributed by atoms with Crippen molar-refractivity contribution in [2.75, 3.05) is 6.61 Å². The number of benzene rings is 1. The predicted molar refractivity (Wildman–Crippen MR) is 88.0 cm³/mol. The van der Waals surface area contributed by atoms with E-state index in [9.17, 15) is 4.39 Å². The van der Waals surface area contributed by atoms with Crippen LogP contribution in [0.4, 0.5) is 4.39 Å². The number of ether oxygens (including phenoxy) is 1. The zero-order valence-corrected chi connectivity index (χ0v) is 14.2. The minimum Gasteiger partial charge on any atom is -0.486 e. The third-order valence-corrected chi connectivity index (χ3v) is 4.77. The topological polar surface area (TPSA) is 39.9 Å². The maximum absolute atomic E-state index is 14.3. The number of rotatable bonds is 5. The van der Waals surface area contributed by atoms with E-state index in [0.29, 0.717) is 23.6 Å². The molecule has 4 nitrogen and oxygen atoms in total. The molecule has 1 unspecified atom stereocenters. The van der Waals surface area contributed by atoms with Gasteiger partial charge in [0.05, 0.1) is 10.0 Å². The summed E-state index contributed by atoms with van der Waals surface area (Å²) in [7, 11) is 0. The van der Waals surface area contributed by atoms with Crippen LogP contribution >= 0.6 is 23.2 Å². The highest BCUT2D eigenvalue weighted by Crippen LogP contribution is 2.43. The van der Waals surface area contributed by atoms with Crippen molar-refractivity contribution in [3.05, 3.63) is 51.8 Å². The molecule has 1 aliphatic rings. The number of aryl methyl sites for hydroxylation is 1. The molecule has 122 valence electrons. The fraction of sp³-hybridized carbons (Fsp3) is 0.375. The Bertz CT molecular complexity index is 760. The number of aromatic nitrogens is 3. The first-order valence-corrected chi connectivity index (χ1v) is 8.14. The lowest BCUT2D eigenvalue weighted by Crippen LogP contribution is -2.09. The van der Waals surface area contributed by atoms with Gasteiger partial charge in [-0.15, -0.1) is 10.2 Å². The molecule has 23 heavy (non-hydrogen) atoms. The van der Waals surface area contributed by atoms with Crippen LogP contribution in [0.15, 0.2) is 18.7 Å². The first kappa shape index (κ1) is 16.3. The maximum Gasteiger partial charge on any atom is 0.166 e. The SMILES string of the molecule is C=CCOc1c(F)cc(Cl)c(Cl)c1C1Cc2nnc(CC)n2C1. The summed E-state index contributed by atoms with van der Waals surface area (Å²) in [5, 5.41) is 8.86.